The molecule has 70 heavy (non-hydrogen) atoms. The molecule has 1 aromatic rings. The highest BCUT2D eigenvalue weighted by atomic mass is 16.6. The molecule has 19 heteroatoms. The Morgan fingerprint density at radius 3 is 1.74 bits per heavy atom. The molecule has 394 valence electrons. The van der Waals surface area contributed by atoms with Crippen LogP contribution in [0.4, 0.5) is 4.79 Å². The van der Waals surface area contributed by atoms with Crippen LogP contribution < -0.4 is 21.3 Å². The van der Waals surface area contributed by atoms with E-state index < -0.39 is 119 Å². The second kappa shape index (κ2) is 28.7. The first kappa shape index (κ1) is 62.2. The maximum Gasteiger partial charge on any atom is 0.408 e. The van der Waals surface area contributed by atoms with E-state index in [4.69, 9.17) is 23.7 Å². The average molecular weight is 988 g/mol. The number of nitrogens with one attached hydrogen (secondary N) is 4. The van der Waals surface area contributed by atoms with E-state index in [9.17, 15) is 43.5 Å². The van der Waals surface area contributed by atoms with Gasteiger partial charge in [0.15, 0.2) is 0 Å². The van der Waals surface area contributed by atoms with Gasteiger partial charge in [0, 0.05) is 26.5 Å². The van der Waals surface area contributed by atoms with Gasteiger partial charge in [-0.15, -0.1) is 0 Å². The average Bonchev–Trinajstić information content (AvgIpc) is 3.26. The minimum atomic E-state index is -1.63. The maximum absolute atomic E-state index is 13.9. The van der Waals surface area contributed by atoms with Crippen molar-refractivity contribution in [2.24, 2.45) is 23.7 Å². The number of esters is 3. The molecule has 1 aromatic carbocycles. The molecule has 0 unspecified atom stereocenters. The largest absolute Gasteiger partial charge is 0.467 e. The van der Waals surface area contributed by atoms with Crippen LogP contribution in [0.1, 0.15) is 108 Å². The van der Waals surface area contributed by atoms with Gasteiger partial charge in [-0.2, -0.15) is 0 Å². The highest BCUT2D eigenvalue weighted by Gasteiger charge is 2.40. The summed E-state index contributed by atoms with van der Waals surface area (Å²) in [7, 11) is 5.02. The van der Waals surface area contributed by atoms with Crippen LogP contribution in [0, 0.1) is 23.7 Å². The van der Waals surface area contributed by atoms with Gasteiger partial charge in [-0.3, -0.25) is 19.2 Å². The van der Waals surface area contributed by atoms with Crippen molar-refractivity contribution in [2.75, 3.05) is 28.4 Å². The van der Waals surface area contributed by atoms with Gasteiger partial charge >= 0.3 is 24.0 Å². The Morgan fingerprint density at radius 1 is 0.700 bits per heavy atom. The second-order valence-electron chi connectivity index (χ2n) is 19.9. The van der Waals surface area contributed by atoms with Gasteiger partial charge in [0.2, 0.25) is 23.6 Å². The molecule has 0 spiro atoms. The van der Waals surface area contributed by atoms with E-state index in [0.717, 1.165) is 30.3 Å². The first-order valence-electron chi connectivity index (χ1n) is 23.5. The van der Waals surface area contributed by atoms with Gasteiger partial charge in [-0.25, -0.2) is 19.2 Å². The Morgan fingerprint density at radius 2 is 1.24 bits per heavy atom. The van der Waals surface area contributed by atoms with Crippen molar-refractivity contribution >= 4 is 47.6 Å². The Labute approximate surface area is 414 Å². The summed E-state index contributed by atoms with van der Waals surface area (Å²) in [5.41, 5.74) is 0.236. The number of hydrogen-bond donors (Lipinski definition) is 5. The molecule has 5 N–H and O–H groups in total. The SMILES string of the molecule is COC(=O)[C@@H](CCC(=O)N(C)[C@@H](C(=O)N[C@@H](C(=O)OC)[C@H](C)C(=O)N[C@H](C(=O)OC(C)(C)C)C(C)C)[C@@H](C)O)NC(=O)[C@@H](C)[C@H](/C=C/C(C)=C/[C@H](C)[C@H](Cc1ccccc1)OC)NC(=O)OC(C)(C)C. The lowest BCUT2D eigenvalue weighted by atomic mass is 9.94. The summed E-state index contributed by atoms with van der Waals surface area (Å²) in [6, 6.07) is 3.27. The fourth-order valence-corrected chi connectivity index (χ4v) is 7.17. The predicted octanol–water partition coefficient (Wildman–Crippen LogP) is 4.33. The zero-order valence-electron chi connectivity index (χ0n) is 44.3. The monoisotopic (exact) mass is 988 g/mol. The lowest BCUT2D eigenvalue weighted by molar-refractivity contribution is -0.160. The molecule has 0 saturated carbocycles. The molecule has 0 saturated heterocycles. The van der Waals surface area contributed by atoms with Crippen molar-refractivity contribution in [3.8, 4) is 0 Å². The van der Waals surface area contributed by atoms with Crippen LogP contribution >= 0.6 is 0 Å². The molecule has 0 aliphatic heterocycles. The highest BCUT2D eigenvalue weighted by molar-refractivity contribution is 5.95. The van der Waals surface area contributed by atoms with Crippen LogP contribution in [-0.2, 0) is 63.7 Å². The topological polar surface area (TPSA) is 254 Å². The zero-order chi connectivity index (χ0) is 53.8. The van der Waals surface area contributed by atoms with E-state index in [0.29, 0.717) is 6.42 Å². The third-order valence-electron chi connectivity index (χ3n) is 11.2. The summed E-state index contributed by atoms with van der Waals surface area (Å²) in [6.45, 7) is 21.5. The predicted molar refractivity (Wildman–Crippen MR) is 262 cm³/mol. The number of nitrogens with zero attached hydrogens (tertiary/aromatic N) is 1. The summed E-state index contributed by atoms with van der Waals surface area (Å²) < 4.78 is 26.6. The number of hydrogen-bond acceptors (Lipinski definition) is 14. The van der Waals surface area contributed by atoms with E-state index >= 15 is 0 Å². The quantitative estimate of drug-likeness (QED) is 0.0520. The Hall–Kier alpha value is -5.82. The van der Waals surface area contributed by atoms with Crippen molar-refractivity contribution in [1.29, 1.82) is 0 Å². The molecule has 1 rings (SSSR count). The standard InChI is InChI=1S/C51H81N5O14/c1-29(2)40(48(64)69-50(8,9)10)54-44(60)33(6)41(47(63)68-17)55-45(61)42(34(7)57)56(14)39(58)26-25-37(46(62)67-16)52-43(59)32(5)36(53-49(65)70-51(11,12)13)24-23-30(3)27-31(4)38(66-15)28-35-21-19-18-20-22-35/h18-24,27,29,31-34,36-38,40-42,57H,25-26,28H2,1-17H3,(H,52,59)(H,53,65)(H,54,60)(H,55,61)/b24-23+,30-27+/t31-,32-,33-,34+,36-,37+,38-,40-,41+,42+/m0/s1. The lowest BCUT2D eigenvalue weighted by Gasteiger charge is -2.32. The lowest BCUT2D eigenvalue weighted by Crippen LogP contribution is -2.59. The molecule has 0 heterocycles. The molecule has 0 aliphatic rings. The number of ether oxygens (including phenoxy) is 5. The minimum absolute atomic E-state index is 0.0178. The molecule has 0 bridgehead atoms. The number of aliphatic hydroxyl groups is 1. The number of aliphatic hydroxyl groups excluding tert-OH is 1. The van der Waals surface area contributed by atoms with Crippen LogP contribution in [0.3, 0.4) is 0 Å². The van der Waals surface area contributed by atoms with E-state index in [1.807, 2.05) is 50.3 Å². The van der Waals surface area contributed by atoms with Gasteiger partial charge in [0.1, 0.15) is 35.4 Å². The highest BCUT2D eigenvalue weighted by Crippen LogP contribution is 2.20. The van der Waals surface area contributed by atoms with Crippen molar-refractivity contribution < 1.29 is 67.1 Å². The number of allylic oxidation sites excluding steroid dienone is 2. The summed E-state index contributed by atoms with van der Waals surface area (Å²) in [4.78, 5) is 108. The number of alkyl carbamates (subject to hydrolysis) is 1. The van der Waals surface area contributed by atoms with Gasteiger partial charge in [-0.05, 0) is 79.7 Å². The van der Waals surface area contributed by atoms with Crippen LogP contribution in [0.2, 0.25) is 0 Å². The molecular formula is C51H81N5O14. The molecule has 19 nitrogen and oxygen atoms in total. The summed E-state index contributed by atoms with van der Waals surface area (Å²) in [5.74, 6) is -8.62. The molecular weight excluding hydrogens is 907 g/mol. The molecule has 10 atom stereocenters. The van der Waals surface area contributed by atoms with Crippen LogP contribution in [0.15, 0.2) is 54.1 Å². The minimum Gasteiger partial charge on any atom is -0.467 e. The summed E-state index contributed by atoms with van der Waals surface area (Å²) in [6.07, 6.45) is 2.90. The van der Waals surface area contributed by atoms with Crippen molar-refractivity contribution in [3.05, 3.63) is 59.7 Å². The van der Waals surface area contributed by atoms with Gasteiger partial charge in [-0.1, -0.05) is 88.8 Å². The maximum atomic E-state index is 13.9. The van der Waals surface area contributed by atoms with E-state index in [1.54, 1.807) is 81.6 Å². The number of rotatable bonds is 25. The number of carbonyl (C=O) groups is 8. The van der Waals surface area contributed by atoms with Gasteiger partial charge < -0.3 is 55.0 Å². The number of carbonyl (C=O) groups excluding carboxylic acids is 8. The molecule has 0 aromatic heterocycles. The third kappa shape index (κ3) is 21.4. The van der Waals surface area contributed by atoms with E-state index in [-0.39, 0.29) is 18.4 Å². The number of benzene rings is 1. The molecule has 0 aliphatic carbocycles. The van der Waals surface area contributed by atoms with Crippen molar-refractivity contribution in [2.45, 2.75) is 163 Å². The molecule has 5 amide bonds. The Bertz CT molecular complexity index is 1970. The van der Waals surface area contributed by atoms with Crippen LogP contribution in [0.5, 0.6) is 0 Å². The second-order valence-corrected chi connectivity index (χ2v) is 19.9. The van der Waals surface area contributed by atoms with Gasteiger partial charge in [0.05, 0.1) is 44.3 Å². The number of amides is 5. The number of likely N-dealkylation sites (N-methyl/N-ethyl adjacent to an activating group) is 1. The van der Waals surface area contributed by atoms with E-state index in [1.165, 1.54) is 20.9 Å². The van der Waals surface area contributed by atoms with Gasteiger partial charge in [0.25, 0.3) is 0 Å². The first-order valence-corrected chi connectivity index (χ1v) is 23.5. The number of methoxy groups -OCH3 is 3. The smallest absolute Gasteiger partial charge is 0.408 e. The Kier molecular flexibility index (Phi) is 25.5. The Balaban J connectivity index is 3.32. The first-order chi connectivity index (χ1) is 32.4. The summed E-state index contributed by atoms with van der Waals surface area (Å²) in [5, 5.41) is 21.1. The fraction of sp³-hybridized carbons (Fsp3) is 0.647. The van der Waals surface area contributed by atoms with Crippen LogP contribution in [-0.4, -0.2) is 140 Å². The normalized spacial score (nSPS) is 16.4. The summed E-state index contributed by atoms with van der Waals surface area (Å²) >= 11 is 0. The van der Waals surface area contributed by atoms with Crippen molar-refractivity contribution in [3.63, 3.8) is 0 Å². The fourth-order valence-electron chi connectivity index (χ4n) is 7.17. The van der Waals surface area contributed by atoms with E-state index in [2.05, 4.69) is 21.3 Å². The third-order valence-corrected chi connectivity index (χ3v) is 11.2. The zero-order valence-corrected chi connectivity index (χ0v) is 44.3. The molecule has 0 radical (unpaired) electrons. The molecule has 0 fully saturated rings. The van der Waals surface area contributed by atoms with Crippen molar-refractivity contribution in [1.82, 2.24) is 26.2 Å². The van der Waals surface area contributed by atoms with Crippen LogP contribution in [0.25, 0.3) is 0 Å².